The molecule has 1 fully saturated rings. The highest BCUT2D eigenvalue weighted by molar-refractivity contribution is 7.90. The molecule has 17 nitrogen and oxygen atoms in total. The number of benzene rings is 3. The smallest absolute Gasteiger partial charge is 0.416 e. The van der Waals surface area contributed by atoms with Crippen molar-refractivity contribution in [1.82, 2.24) is 5.16 Å². The number of amides is 3. The third-order valence-electron chi connectivity index (χ3n) is 12.3. The molecule has 4 aromatic rings. The number of hydrogen-bond acceptors (Lipinski definition) is 13. The van der Waals surface area contributed by atoms with Crippen LogP contribution in [0.1, 0.15) is 110 Å². The minimum absolute atomic E-state index is 0.0223. The lowest BCUT2D eigenvalue weighted by atomic mass is 9.93. The van der Waals surface area contributed by atoms with Gasteiger partial charge < -0.3 is 34.6 Å². The Balaban J connectivity index is 0.000000232. The van der Waals surface area contributed by atoms with Gasteiger partial charge in [-0.3, -0.25) is 28.5 Å². The number of nitrogens with two attached hydrogens (primary N) is 1. The van der Waals surface area contributed by atoms with Crippen LogP contribution >= 0.6 is 30.6 Å². The van der Waals surface area contributed by atoms with Crippen LogP contribution in [0.5, 0.6) is 5.75 Å². The van der Waals surface area contributed by atoms with Gasteiger partial charge in [-0.2, -0.15) is 13.2 Å². The number of aryl methyl sites for hydroxylation is 2. The zero-order valence-corrected chi connectivity index (χ0v) is 47.0. The third kappa shape index (κ3) is 17.0. The first kappa shape index (κ1) is 64.6. The molecule has 2 aliphatic carbocycles. The SMILES string of the molecule is C#CC(C)Oc1cc(N2C(=O)C3=C(CCCC3)C2=O)c(F)cc1Cl.CCc1cccc(C)c1N(C(=O)CCl)C(C)COC.CP(=O)(O)CCC(N)C(=O)O.CS(=O)(=O)c1cc(C(F)(F)F)ccc1C(=O)c1cnoc1C1CC1. The van der Waals surface area contributed by atoms with Gasteiger partial charge in [-0.15, -0.1) is 18.0 Å². The van der Waals surface area contributed by atoms with Crippen molar-refractivity contribution in [2.24, 2.45) is 5.73 Å². The summed E-state index contributed by atoms with van der Waals surface area (Å²) in [6.07, 6.45) is 7.20. The summed E-state index contributed by atoms with van der Waals surface area (Å²) in [5.74, 6) is -0.768. The predicted molar refractivity (Wildman–Crippen MR) is 286 cm³/mol. The summed E-state index contributed by atoms with van der Waals surface area (Å²) in [6.45, 7) is 9.37. The maximum absolute atomic E-state index is 14.4. The lowest BCUT2D eigenvalue weighted by molar-refractivity contribution is -0.139. The van der Waals surface area contributed by atoms with Crippen LogP contribution in [0.3, 0.4) is 0 Å². The number of alkyl halides is 4. The molecule has 3 aliphatic rings. The highest BCUT2D eigenvalue weighted by Crippen LogP contribution is 2.43. The summed E-state index contributed by atoms with van der Waals surface area (Å²) >= 11 is 11.7. The fourth-order valence-electron chi connectivity index (χ4n) is 8.18. The molecule has 25 heteroatoms. The second-order valence-electron chi connectivity index (χ2n) is 18.6. The predicted octanol–water partition coefficient (Wildman–Crippen LogP) is 9.68. The molecule has 4 atom stereocenters. The number of terminal acetylenes is 1. The van der Waals surface area contributed by atoms with Crippen molar-refractivity contribution in [3.63, 3.8) is 0 Å². The zero-order chi connectivity index (χ0) is 58.6. The number of ether oxygens (including phenoxy) is 2. The van der Waals surface area contributed by atoms with Crippen LogP contribution < -0.4 is 20.3 Å². The Bertz CT molecular complexity index is 3090. The Morgan fingerprint density at radius 2 is 1.68 bits per heavy atom. The molecule has 78 heavy (non-hydrogen) atoms. The van der Waals surface area contributed by atoms with E-state index in [1.165, 1.54) is 18.9 Å². The first-order valence-corrected chi connectivity index (χ1v) is 29.4. The van der Waals surface area contributed by atoms with Crippen molar-refractivity contribution in [3.8, 4) is 18.1 Å². The molecule has 4 unspecified atom stereocenters. The molecular weight excluding hydrogens is 1110 g/mol. The lowest BCUT2D eigenvalue weighted by Crippen LogP contribution is -2.43. The maximum atomic E-state index is 14.4. The fraction of sp³-hybridized carbons (Fsp3) is 0.434. The van der Waals surface area contributed by atoms with E-state index in [1.807, 2.05) is 26.0 Å². The van der Waals surface area contributed by atoms with Crippen LogP contribution in [0.25, 0.3) is 0 Å². The van der Waals surface area contributed by atoms with Gasteiger partial charge in [-0.1, -0.05) is 47.8 Å². The molecule has 1 aliphatic heterocycles. The quantitative estimate of drug-likeness (QED) is 0.0222. The number of carboxylic acids is 1. The summed E-state index contributed by atoms with van der Waals surface area (Å²) in [5, 5.41) is 11.9. The minimum atomic E-state index is -4.71. The third-order valence-corrected chi connectivity index (χ3v) is 15.0. The van der Waals surface area contributed by atoms with Crippen molar-refractivity contribution in [2.75, 3.05) is 48.5 Å². The molecule has 0 radical (unpaired) electrons. The van der Waals surface area contributed by atoms with Gasteiger partial charge in [0.25, 0.3) is 11.8 Å². The normalized spacial score (nSPS) is 16.1. The van der Waals surface area contributed by atoms with Crippen molar-refractivity contribution in [3.05, 3.63) is 110 Å². The van der Waals surface area contributed by atoms with Crippen LogP contribution in [0.4, 0.5) is 28.9 Å². The molecule has 4 N–H and O–H groups in total. The highest BCUT2D eigenvalue weighted by atomic mass is 35.5. The summed E-state index contributed by atoms with van der Waals surface area (Å²) in [7, 11) is -5.51. The first-order valence-electron chi connectivity index (χ1n) is 24.3. The number of ketones is 1. The molecule has 424 valence electrons. The van der Waals surface area contributed by atoms with Gasteiger partial charge in [-0.05, 0) is 108 Å². The number of methoxy groups -OCH3 is 1. The Kier molecular flexibility index (Phi) is 23.0. The maximum Gasteiger partial charge on any atom is 0.416 e. The summed E-state index contributed by atoms with van der Waals surface area (Å²) in [6, 6.07) is 9.33. The van der Waals surface area contributed by atoms with E-state index in [0.29, 0.717) is 48.5 Å². The average Bonchev–Trinajstić information content (AvgIpc) is 4.05. The second-order valence-corrected chi connectivity index (χ2v) is 23.8. The molecule has 3 amide bonds. The van der Waals surface area contributed by atoms with Gasteiger partial charge in [0.05, 0.1) is 51.3 Å². The van der Waals surface area contributed by atoms with Gasteiger partial charge in [0, 0.05) is 54.9 Å². The average molecular weight is 1170 g/mol. The molecule has 0 bridgehead atoms. The van der Waals surface area contributed by atoms with E-state index in [9.17, 15) is 54.5 Å². The van der Waals surface area contributed by atoms with Crippen molar-refractivity contribution >= 4 is 81.3 Å². The Morgan fingerprint density at radius 3 is 2.18 bits per heavy atom. The number of anilines is 2. The minimum Gasteiger partial charge on any atom is -0.480 e. The Hall–Kier alpha value is -5.92. The van der Waals surface area contributed by atoms with Gasteiger partial charge in [0.1, 0.15) is 23.5 Å². The number of sulfone groups is 1. The van der Waals surface area contributed by atoms with Crippen molar-refractivity contribution in [1.29, 1.82) is 0 Å². The standard InChI is InChI=1S/C18H15ClFNO3.C15H22ClNO2.C15H12F3NO4S.C5H12NO4P/c1-3-10(2)24-16-9-15(14(20)8-13(16)19)21-17(22)11-6-4-5-7-12(11)18(21)23;1-5-13-8-6-7-11(2)15(13)17(14(18)9-16)12(3)10-19-4;1-24(21,22)12-6-9(15(16,17)18)4-5-10(12)13(20)11-7-19-23-14(11)8-2-3-8;1-11(9,10)3-2-4(6)5(7)8/h1,8-10H,4-7H2,2H3;6-8,12H,5,9-10H2,1-4H3;4-8H,2-3H2,1H3;4H,2-3,6H2,1H3,(H,7,8)(H,9,10). The number of halogens is 6. The number of carboxylic acid groups (broad SMARTS) is 1. The summed E-state index contributed by atoms with van der Waals surface area (Å²) < 4.78 is 103. The van der Waals surface area contributed by atoms with Crippen LogP contribution in [-0.4, -0.2) is 110 Å². The Morgan fingerprint density at radius 1 is 1.06 bits per heavy atom. The zero-order valence-electron chi connectivity index (χ0n) is 43.8. The summed E-state index contributed by atoms with van der Waals surface area (Å²) in [4.78, 5) is 70.8. The van der Waals surface area contributed by atoms with E-state index in [-0.39, 0.29) is 63.9 Å². The number of imide groups is 1. The molecule has 1 saturated carbocycles. The van der Waals surface area contributed by atoms with E-state index in [4.69, 9.17) is 59.4 Å². The van der Waals surface area contributed by atoms with Crippen molar-refractivity contribution < 1.29 is 78.5 Å². The summed E-state index contributed by atoms with van der Waals surface area (Å²) in [5.41, 5.74) is 7.74. The van der Waals surface area contributed by atoms with Crippen LogP contribution in [0.15, 0.2) is 75.3 Å². The number of carbonyl (C=O) groups excluding carboxylic acids is 4. The van der Waals surface area contributed by atoms with Crippen LogP contribution in [-0.2, 0) is 50.9 Å². The second kappa shape index (κ2) is 27.8. The van der Waals surface area contributed by atoms with Gasteiger partial charge in [0.2, 0.25) is 5.91 Å². The van der Waals surface area contributed by atoms with Crippen LogP contribution in [0, 0.1) is 25.1 Å². The fourth-order valence-corrected chi connectivity index (χ4v) is 10.2. The van der Waals surface area contributed by atoms with E-state index in [2.05, 4.69) is 24.1 Å². The monoisotopic (exact) mass is 1170 g/mol. The number of rotatable bonds is 17. The largest absolute Gasteiger partial charge is 0.480 e. The topological polar surface area (TPSA) is 254 Å². The number of hydrogen-bond donors (Lipinski definition) is 3. The van der Waals surface area contributed by atoms with Crippen molar-refractivity contribution in [2.45, 2.75) is 114 Å². The highest BCUT2D eigenvalue weighted by Gasteiger charge is 2.41. The van der Waals surface area contributed by atoms with E-state index in [1.54, 1.807) is 18.9 Å². The first-order chi connectivity index (χ1) is 36.4. The van der Waals surface area contributed by atoms with E-state index < -0.39 is 75.4 Å². The molecular formula is C53H61Cl2F4N4O13PS. The number of nitrogens with zero attached hydrogens (tertiary/aromatic N) is 3. The number of aromatic nitrogens is 1. The van der Waals surface area contributed by atoms with E-state index in [0.717, 1.165) is 72.2 Å². The molecule has 3 aromatic carbocycles. The number of aliphatic carboxylic acids is 1. The van der Waals surface area contributed by atoms with Crippen LogP contribution in [0.2, 0.25) is 5.02 Å². The number of carbonyl (C=O) groups is 5. The van der Waals surface area contributed by atoms with Gasteiger partial charge in [-0.25, -0.2) is 17.7 Å². The molecule has 7 rings (SSSR count). The lowest BCUT2D eigenvalue weighted by Gasteiger charge is -2.31. The number of para-hydroxylation sites is 1. The van der Waals surface area contributed by atoms with Gasteiger partial charge in [0.15, 0.2) is 34.9 Å². The van der Waals surface area contributed by atoms with E-state index >= 15 is 0 Å². The molecule has 1 aromatic heterocycles. The molecule has 0 spiro atoms. The molecule has 2 heterocycles. The van der Waals surface area contributed by atoms with Gasteiger partial charge >= 0.3 is 12.1 Å². The Labute approximate surface area is 459 Å². The molecule has 0 saturated heterocycles.